The number of aromatic nitrogens is 2. The first-order valence-corrected chi connectivity index (χ1v) is 6.42. The molecule has 0 radical (unpaired) electrons. The Labute approximate surface area is 115 Å². The van der Waals surface area contributed by atoms with Crippen LogP contribution in [0.15, 0.2) is 48.5 Å². The van der Waals surface area contributed by atoms with Crippen LogP contribution in [0.1, 0.15) is 12.6 Å². The molecule has 100 valence electrons. The van der Waals surface area contributed by atoms with Crippen molar-refractivity contribution in [1.29, 1.82) is 0 Å². The largest absolute Gasteiger partial charge is 0.269 e. The molecule has 3 aromatic rings. The zero-order valence-corrected chi connectivity index (χ0v) is 11.0. The first-order chi connectivity index (χ1) is 9.70. The molecule has 1 aromatic heterocycles. The minimum atomic E-state index is -0.400. The van der Waals surface area contributed by atoms with Crippen LogP contribution in [0.4, 0.5) is 5.69 Å². The van der Waals surface area contributed by atoms with Gasteiger partial charge in [-0.2, -0.15) is 5.10 Å². The van der Waals surface area contributed by atoms with Crippen molar-refractivity contribution in [2.75, 3.05) is 0 Å². The summed E-state index contributed by atoms with van der Waals surface area (Å²) in [6.45, 7) is 2.06. The third-order valence-electron chi connectivity index (χ3n) is 3.30. The van der Waals surface area contributed by atoms with Crippen molar-refractivity contribution in [2.24, 2.45) is 0 Å². The van der Waals surface area contributed by atoms with Gasteiger partial charge in [-0.3, -0.25) is 10.1 Å². The van der Waals surface area contributed by atoms with Gasteiger partial charge in [-0.25, -0.2) is 4.68 Å². The highest BCUT2D eigenvalue weighted by molar-refractivity contribution is 5.83. The van der Waals surface area contributed by atoms with Gasteiger partial charge in [-0.05, 0) is 24.6 Å². The number of non-ortho nitro benzene ring substituents is 1. The van der Waals surface area contributed by atoms with Crippen LogP contribution in [0, 0.1) is 10.1 Å². The van der Waals surface area contributed by atoms with E-state index in [1.807, 2.05) is 28.9 Å². The van der Waals surface area contributed by atoms with E-state index in [1.54, 1.807) is 12.1 Å². The summed E-state index contributed by atoms with van der Waals surface area (Å²) in [5.74, 6) is 0. The van der Waals surface area contributed by atoms with E-state index < -0.39 is 4.92 Å². The minimum Gasteiger partial charge on any atom is -0.258 e. The number of fused-ring (bicyclic) bond motifs is 1. The van der Waals surface area contributed by atoms with Crippen LogP contribution in [0.5, 0.6) is 0 Å². The second-order valence-corrected chi connectivity index (χ2v) is 4.50. The van der Waals surface area contributed by atoms with Gasteiger partial charge in [0.15, 0.2) is 0 Å². The van der Waals surface area contributed by atoms with Crippen LogP contribution in [0.3, 0.4) is 0 Å². The Kier molecular flexibility index (Phi) is 2.95. The lowest BCUT2D eigenvalue weighted by Gasteiger charge is -2.02. The molecule has 0 aliphatic heterocycles. The molecule has 0 unspecified atom stereocenters. The molecule has 5 heteroatoms. The molecular weight excluding hydrogens is 254 g/mol. The first kappa shape index (κ1) is 12.3. The number of nitro groups is 1. The molecule has 0 bridgehead atoms. The Bertz CT molecular complexity index is 775. The fraction of sp³-hybridized carbons (Fsp3) is 0.133. The summed E-state index contributed by atoms with van der Waals surface area (Å²) in [7, 11) is 0. The van der Waals surface area contributed by atoms with Gasteiger partial charge in [-0.15, -0.1) is 0 Å². The van der Waals surface area contributed by atoms with Gasteiger partial charge in [0.25, 0.3) is 5.69 Å². The molecule has 20 heavy (non-hydrogen) atoms. The lowest BCUT2D eigenvalue weighted by molar-refractivity contribution is -0.384. The lowest BCUT2D eigenvalue weighted by Crippen LogP contribution is -1.97. The summed E-state index contributed by atoms with van der Waals surface area (Å²) in [6, 6.07) is 14.4. The second-order valence-electron chi connectivity index (χ2n) is 4.50. The van der Waals surface area contributed by atoms with E-state index in [0.717, 1.165) is 28.7 Å². The lowest BCUT2D eigenvalue weighted by atomic mass is 10.2. The maximum atomic E-state index is 10.7. The van der Waals surface area contributed by atoms with Crippen molar-refractivity contribution in [2.45, 2.75) is 13.3 Å². The summed E-state index contributed by atoms with van der Waals surface area (Å²) >= 11 is 0. The number of benzene rings is 2. The number of para-hydroxylation sites is 1. The van der Waals surface area contributed by atoms with Crippen LogP contribution in [0.25, 0.3) is 16.6 Å². The van der Waals surface area contributed by atoms with Crippen molar-refractivity contribution in [3.63, 3.8) is 0 Å². The summed E-state index contributed by atoms with van der Waals surface area (Å²) in [6.07, 6.45) is 0.848. The first-order valence-electron chi connectivity index (χ1n) is 6.42. The number of hydrogen-bond acceptors (Lipinski definition) is 3. The smallest absolute Gasteiger partial charge is 0.258 e. The fourth-order valence-corrected chi connectivity index (χ4v) is 2.30. The highest BCUT2D eigenvalue weighted by Crippen LogP contribution is 2.23. The van der Waals surface area contributed by atoms with Crippen molar-refractivity contribution in [3.05, 3.63) is 64.3 Å². The van der Waals surface area contributed by atoms with E-state index in [9.17, 15) is 10.1 Å². The number of nitro benzene ring substituents is 1. The SMILES string of the molecule is CCc1nn(-c2ccc([N+](=O)[O-])cc2)c2ccccc12. The molecule has 2 aromatic carbocycles. The summed E-state index contributed by atoms with van der Waals surface area (Å²) in [4.78, 5) is 10.3. The second kappa shape index (κ2) is 4.77. The van der Waals surface area contributed by atoms with E-state index >= 15 is 0 Å². The van der Waals surface area contributed by atoms with E-state index in [1.165, 1.54) is 12.1 Å². The third-order valence-corrected chi connectivity index (χ3v) is 3.30. The number of aryl methyl sites for hydroxylation is 1. The normalized spacial score (nSPS) is 10.8. The Hall–Kier alpha value is -2.69. The van der Waals surface area contributed by atoms with Crippen LogP contribution >= 0.6 is 0 Å². The predicted molar refractivity (Wildman–Crippen MR) is 77.1 cm³/mol. The van der Waals surface area contributed by atoms with Crippen LogP contribution in [0.2, 0.25) is 0 Å². The van der Waals surface area contributed by atoms with E-state index in [2.05, 4.69) is 12.0 Å². The Morgan fingerprint density at radius 3 is 2.50 bits per heavy atom. The van der Waals surface area contributed by atoms with Gasteiger partial charge in [0.2, 0.25) is 0 Å². The van der Waals surface area contributed by atoms with Crippen LogP contribution in [-0.2, 0) is 6.42 Å². The molecule has 0 saturated heterocycles. The molecule has 0 aliphatic carbocycles. The summed E-state index contributed by atoms with van der Waals surface area (Å²) < 4.78 is 1.83. The minimum absolute atomic E-state index is 0.0842. The van der Waals surface area contributed by atoms with Gasteiger partial charge >= 0.3 is 0 Å². The average Bonchev–Trinajstić information content (AvgIpc) is 2.86. The molecule has 0 spiro atoms. The van der Waals surface area contributed by atoms with Crippen molar-refractivity contribution in [3.8, 4) is 5.69 Å². The molecule has 0 atom stereocenters. The molecule has 0 aliphatic rings. The quantitative estimate of drug-likeness (QED) is 0.539. The number of nitrogens with zero attached hydrogens (tertiary/aromatic N) is 3. The molecular formula is C15H13N3O2. The highest BCUT2D eigenvalue weighted by Gasteiger charge is 2.11. The van der Waals surface area contributed by atoms with Gasteiger partial charge in [0.05, 0.1) is 21.8 Å². The van der Waals surface area contributed by atoms with E-state index in [-0.39, 0.29) is 5.69 Å². The van der Waals surface area contributed by atoms with Crippen LogP contribution < -0.4 is 0 Å². The molecule has 0 fully saturated rings. The molecule has 3 rings (SSSR count). The molecule has 0 N–H and O–H groups in total. The molecule has 0 saturated carbocycles. The van der Waals surface area contributed by atoms with E-state index in [4.69, 9.17) is 0 Å². The van der Waals surface area contributed by atoms with Crippen molar-refractivity contribution < 1.29 is 4.92 Å². The topological polar surface area (TPSA) is 61.0 Å². The molecule has 1 heterocycles. The Balaban J connectivity index is 2.16. The standard InChI is InChI=1S/C15H13N3O2/c1-2-14-13-5-3-4-6-15(13)17(16-14)11-7-9-12(10-8-11)18(19)20/h3-10H,2H2,1H3. The fourth-order valence-electron chi connectivity index (χ4n) is 2.30. The third kappa shape index (κ3) is 1.93. The maximum Gasteiger partial charge on any atom is 0.269 e. The van der Waals surface area contributed by atoms with Crippen molar-refractivity contribution in [1.82, 2.24) is 9.78 Å². The van der Waals surface area contributed by atoms with Crippen LogP contribution in [-0.4, -0.2) is 14.7 Å². The molecule has 5 nitrogen and oxygen atoms in total. The van der Waals surface area contributed by atoms with E-state index in [0.29, 0.717) is 0 Å². The van der Waals surface area contributed by atoms with Gasteiger partial charge in [0.1, 0.15) is 0 Å². The maximum absolute atomic E-state index is 10.7. The van der Waals surface area contributed by atoms with Gasteiger partial charge < -0.3 is 0 Å². The Morgan fingerprint density at radius 2 is 1.85 bits per heavy atom. The van der Waals surface area contributed by atoms with Crippen molar-refractivity contribution >= 4 is 16.6 Å². The van der Waals surface area contributed by atoms with Gasteiger partial charge in [-0.1, -0.05) is 25.1 Å². The molecule has 0 amide bonds. The monoisotopic (exact) mass is 267 g/mol. The number of hydrogen-bond donors (Lipinski definition) is 0. The Morgan fingerprint density at radius 1 is 1.15 bits per heavy atom. The average molecular weight is 267 g/mol. The van der Waals surface area contributed by atoms with Gasteiger partial charge in [0, 0.05) is 17.5 Å². The zero-order chi connectivity index (χ0) is 14.1. The number of rotatable bonds is 3. The zero-order valence-electron chi connectivity index (χ0n) is 11.0. The highest BCUT2D eigenvalue weighted by atomic mass is 16.6. The summed E-state index contributed by atoms with van der Waals surface area (Å²) in [5.41, 5.74) is 2.95. The summed E-state index contributed by atoms with van der Waals surface area (Å²) in [5, 5.41) is 16.4. The predicted octanol–water partition coefficient (Wildman–Crippen LogP) is 3.50.